The number of amides is 2. The molecule has 1 aromatic heterocycles. The van der Waals surface area contributed by atoms with Crippen LogP contribution in [0, 0.1) is 0 Å². The molecule has 0 radical (unpaired) electrons. The summed E-state index contributed by atoms with van der Waals surface area (Å²) < 4.78 is 10.9. The molecular weight excluding hydrogens is 414 g/mol. The van der Waals surface area contributed by atoms with Gasteiger partial charge in [-0.15, -0.1) is 10.2 Å². The van der Waals surface area contributed by atoms with Crippen LogP contribution < -0.4 is 10.1 Å². The van der Waals surface area contributed by atoms with Gasteiger partial charge in [0, 0.05) is 31.9 Å². The van der Waals surface area contributed by atoms with Crippen LogP contribution in [0.25, 0.3) is 0 Å². The maximum Gasteiger partial charge on any atom is 0.409 e. The summed E-state index contributed by atoms with van der Waals surface area (Å²) in [6, 6.07) is 7.51. The number of hydrogen-bond donors (Lipinski definition) is 1. The van der Waals surface area contributed by atoms with Crippen LogP contribution in [0.1, 0.15) is 6.92 Å². The quantitative estimate of drug-likeness (QED) is 0.661. The minimum absolute atomic E-state index is 0.0263. The number of aromatic nitrogens is 2. The summed E-state index contributed by atoms with van der Waals surface area (Å²) in [5.74, 6) is 1.10. The molecule has 11 heteroatoms. The topological polar surface area (TPSA) is 96.9 Å². The first-order chi connectivity index (χ1) is 14.1. The summed E-state index contributed by atoms with van der Waals surface area (Å²) in [5.41, 5.74) is 0.883. The van der Waals surface area contributed by atoms with Gasteiger partial charge in [-0.25, -0.2) is 4.79 Å². The van der Waals surface area contributed by atoms with E-state index in [1.165, 1.54) is 23.1 Å². The summed E-state index contributed by atoms with van der Waals surface area (Å²) in [5, 5.41) is 12.1. The Hall–Kier alpha value is -2.53. The Balaban J connectivity index is 1.43. The van der Waals surface area contributed by atoms with Gasteiger partial charge in [0.05, 0.1) is 19.5 Å². The van der Waals surface area contributed by atoms with Gasteiger partial charge in [0.2, 0.25) is 11.0 Å². The lowest BCUT2D eigenvalue weighted by Gasteiger charge is -2.33. The zero-order chi connectivity index (χ0) is 20.6. The van der Waals surface area contributed by atoms with E-state index in [1.54, 1.807) is 23.8 Å². The first kappa shape index (κ1) is 21.2. The van der Waals surface area contributed by atoms with Crippen molar-refractivity contribution < 1.29 is 19.1 Å². The molecule has 1 N–H and O–H groups in total. The molecule has 1 aromatic carbocycles. The molecule has 2 amide bonds. The van der Waals surface area contributed by atoms with E-state index in [0.29, 0.717) is 37.9 Å². The summed E-state index contributed by atoms with van der Waals surface area (Å²) in [6.07, 6.45) is -0.320. The molecular formula is C18H23N5O4S2. The van der Waals surface area contributed by atoms with Gasteiger partial charge in [-0.3, -0.25) is 4.79 Å². The van der Waals surface area contributed by atoms with Crippen LogP contribution in [-0.4, -0.2) is 77.6 Å². The normalized spacial score (nSPS) is 13.9. The van der Waals surface area contributed by atoms with Crippen LogP contribution in [0.5, 0.6) is 5.75 Å². The molecule has 0 atom stereocenters. The van der Waals surface area contributed by atoms with Crippen LogP contribution in [0.2, 0.25) is 0 Å². The fourth-order valence-corrected chi connectivity index (χ4v) is 4.36. The zero-order valence-electron chi connectivity index (χ0n) is 16.3. The number of nitrogens with zero attached hydrogens (tertiary/aromatic N) is 4. The van der Waals surface area contributed by atoms with Crippen molar-refractivity contribution in [3.05, 3.63) is 24.3 Å². The first-order valence-corrected chi connectivity index (χ1v) is 11.0. The molecule has 1 aliphatic heterocycles. The third kappa shape index (κ3) is 5.97. The van der Waals surface area contributed by atoms with Gasteiger partial charge in [-0.05, 0) is 31.2 Å². The van der Waals surface area contributed by atoms with E-state index in [2.05, 4.69) is 15.5 Å². The van der Waals surface area contributed by atoms with Crippen molar-refractivity contribution in [3.63, 3.8) is 0 Å². The third-order valence-electron chi connectivity index (χ3n) is 4.23. The minimum Gasteiger partial charge on any atom is -0.497 e. The summed E-state index contributed by atoms with van der Waals surface area (Å²) in [4.78, 5) is 27.5. The van der Waals surface area contributed by atoms with Gasteiger partial charge in [0.1, 0.15) is 5.75 Å². The van der Waals surface area contributed by atoms with Crippen molar-refractivity contribution >= 4 is 45.9 Å². The Kier molecular flexibility index (Phi) is 7.53. The Morgan fingerprint density at radius 1 is 1.14 bits per heavy atom. The van der Waals surface area contributed by atoms with E-state index >= 15 is 0 Å². The Labute approximate surface area is 177 Å². The monoisotopic (exact) mass is 437 g/mol. The molecule has 0 bridgehead atoms. The second-order valence-corrected chi connectivity index (χ2v) is 8.28. The number of carbonyl (C=O) groups is 2. The number of piperazine rings is 1. The Bertz CT molecular complexity index is 822. The fourth-order valence-electron chi connectivity index (χ4n) is 2.68. The van der Waals surface area contributed by atoms with E-state index in [4.69, 9.17) is 9.47 Å². The first-order valence-electron chi connectivity index (χ1n) is 9.16. The highest BCUT2D eigenvalue weighted by Crippen LogP contribution is 2.28. The number of benzene rings is 1. The van der Waals surface area contributed by atoms with Crippen LogP contribution in [0.15, 0.2) is 28.6 Å². The zero-order valence-corrected chi connectivity index (χ0v) is 17.9. The lowest BCUT2D eigenvalue weighted by atomic mass is 10.3. The maximum atomic E-state index is 12.4. The lowest BCUT2D eigenvalue weighted by molar-refractivity contribution is -0.129. The van der Waals surface area contributed by atoms with Crippen LogP contribution in [0.4, 0.5) is 15.6 Å². The third-order valence-corrected chi connectivity index (χ3v) is 6.18. The molecule has 0 spiro atoms. The second-order valence-electron chi connectivity index (χ2n) is 6.08. The van der Waals surface area contributed by atoms with Gasteiger partial charge >= 0.3 is 6.09 Å². The van der Waals surface area contributed by atoms with Crippen molar-refractivity contribution in [1.82, 2.24) is 20.0 Å². The van der Waals surface area contributed by atoms with E-state index in [-0.39, 0.29) is 17.8 Å². The van der Waals surface area contributed by atoms with Gasteiger partial charge in [-0.1, -0.05) is 23.1 Å². The highest BCUT2D eigenvalue weighted by Gasteiger charge is 2.25. The Morgan fingerprint density at radius 3 is 2.48 bits per heavy atom. The molecule has 1 saturated heterocycles. The second kappa shape index (κ2) is 10.3. The maximum absolute atomic E-state index is 12.4. The van der Waals surface area contributed by atoms with Crippen molar-refractivity contribution in [1.29, 1.82) is 0 Å². The highest BCUT2D eigenvalue weighted by atomic mass is 32.2. The average Bonchev–Trinajstić information content (AvgIpc) is 3.20. The van der Waals surface area contributed by atoms with Crippen LogP contribution in [0.3, 0.4) is 0 Å². The number of nitrogens with one attached hydrogen (secondary N) is 1. The van der Waals surface area contributed by atoms with Crippen LogP contribution in [-0.2, 0) is 9.53 Å². The fraction of sp³-hybridized carbons (Fsp3) is 0.444. The smallest absolute Gasteiger partial charge is 0.409 e. The van der Waals surface area contributed by atoms with Gasteiger partial charge in [0.25, 0.3) is 0 Å². The summed E-state index contributed by atoms with van der Waals surface area (Å²) in [7, 11) is 1.62. The Morgan fingerprint density at radius 2 is 1.83 bits per heavy atom. The van der Waals surface area contributed by atoms with Crippen molar-refractivity contribution in [3.8, 4) is 5.75 Å². The van der Waals surface area contributed by atoms with E-state index in [0.717, 1.165) is 15.8 Å². The molecule has 0 unspecified atom stereocenters. The number of anilines is 2. The number of carbonyl (C=O) groups excluding carboxylic acids is 2. The molecule has 2 aromatic rings. The molecule has 0 aliphatic carbocycles. The molecule has 3 rings (SSSR count). The van der Waals surface area contributed by atoms with Crippen molar-refractivity contribution in [2.75, 3.05) is 51.0 Å². The molecule has 2 heterocycles. The van der Waals surface area contributed by atoms with Crippen molar-refractivity contribution in [2.24, 2.45) is 0 Å². The predicted octanol–water partition coefficient (Wildman–Crippen LogP) is 2.68. The summed E-state index contributed by atoms with van der Waals surface area (Å²) >= 11 is 2.76. The van der Waals surface area contributed by atoms with Gasteiger partial charge in [0.15, 0.2) is 4.34 Å². The molecule has 29 heavy (non-hydrogen) atoms. The molecule has 1 fully saturated rings. The molecule has 156 valence electrons. The van der Waals surface area contributed by atoms with Gasteiger partial charge < -0.3 is 24.6 Å². The van der Waals surface area contributed by atoms with Gasteiger partial charge in [-0.2, -0.15) is 0 Å². The standard InChI is InChI=1S/C18H23N5O4S2/c1-3-27-18(25)23-10-8-22(9-11-23)15(24)12-28-17-21-20-16(29-17)19-13-4-6-14(26-2)7-5-13/h4-7H,3,8-12H2,1-2H3,(H,19,20). The number of hydrogen-bond acceptors (Lipinski definition) is 9. The molecule has 9 nitrogen and oxygen atoms in total. The number of methoxy groups -OCH3 is 1. The number of thioether (sulfide) groups is 1. The summed E-state index contributed by atoms with van der Waals surface area (Å²) in [6.45, 7) is 4.14. The lowest BCUT2D eigenvalue weighted by Crippen LogP contribution is -2.51. The van der Waals surface area contributed by atoms with Crippen LogP contribution >= 0.6 is 23.1 Å². The minimum atomic E-state index is -0.320. The van der Waals surface area contributed by atoms with Crippen molar-refractivity contribution in [2.45, 2.75) is 11.3 Å². The van der Waals surface area contributed by atoms with E-state index in [1.807, 2.05) is 24.3 Å². The number of ether oxygens (including phenoxy) is 2. The SMILES string of the molecule is CCOC(=O)N1CCN(C(=O)CSc2nnc(Nc3ccc(OC)cc3)s2)CC1. The van der Waals surface area contributed by atoms with E-state index in [9.17, 15) is 9.59 Å². The number of rotatable bonds is 7. The molecule has 1 aliphatic rings. The predicted molar refractivity (Wildman–Crippen MR) is 112 cm³/mol. The molecule has 0 saturated carbocycles. The van der Waals surface area contributed by atoms with E-state index < -0.39 is 0 Å². The highest BCUT2D eigenvalue weighted by molar-refractivity contribution is 8.01. The average molecular weight is 438 g/mol. The largest absolute Gasteiger partial charge is 0.497 e.